The van der Waals surface area contributed by atoms with E-state index >= 15 is 0 Å². The van der Waals surface area contributed by atoms with Gasteiger partial charge in [-0.05, 0) is 38.1 Å². The lowest BCUT2D eigenvalue weighted by molar-refractivity contribution is -0.118. The quantitative estimate of drug-likeness (QED) is 0.923. The molecular weight excluding hydrogens is 276 g/mol. The van der Waals surface area contributed by atoms with Crippen molar-refractivity contribution in [3.8, 4) is 0 Å². The molecule has 0 saturated carbocycles. The van der Waals surface area contributed by atoms with Gasteiger partial charge >= 0.3 is 0 Å². The lowest BCUT2D eigenvalue weighted by atomic mass is 10.0. The monoisotopic (exact) mass is 288 g/mol. The number of hydrazone groups is 1. The van der Waals surface area contributed by atoms with Gasteiger partial charge in [0, 0.05) is 10.7 Å². The van der Waals surface area contributed by atoms with Crippen molar-refractivity contribution < 1.29 is 4.79 Å². The van der Waals surface area contributed by atoms with E-state index in [1.807, 2.05) is 19.9 Å². The molecule has 5 nitrogen and oxygen atoms in total. The van der Waals surface area contributed by atoms with Crippen molar-refractivity contribution in [1.82, 2.24) is 10.2 Å². The second kappa shape index (κ2) is 4.76. The summed E-state index contributed by atoms with van der Waals surface area (Å²) in [4.78, 5) is 12.6. The number of aryl methyl sites for hydroxylation is 1. The molecular formula is C14H13ClN4O. The smallest absolute Gasteiger partial charge is 0.262 e. The lowest BCUT2D eigenvalue weighted by Crippen LogP contribution is -2.25. The number of anilines is 1. The first-order valence-electron chi connectivity index (χ1n) is 6.23. The van der Waals surface area contributed by atoms with E-state index < -0.39 is 5.92 Å². The number of aromatic amines is 1. The number of rotatable bonds is 2. The summed E-state index contributed by atoms with van der Waals surface area (Å²) >= 11 is 5.96. The normalized spacial score (nSPS) is 18.6. The molecule has 0 spiro atoms. The summed E-state index contributed by atoms with van der Waals surface area (Å²) in [7, 11) is 0. The van der Waals surface area contributed by atoms with Gasteiger partial charge in [0.25, 0.3) is 5.91 Å². The second-order valence-electron chi connectivity index (χ2n) is 4.78. The third-order valence-corrected chi connectivity index (χ3v) is 3.44. The summed E-state index contributed by atoms with van der Waals surface area (Å²) in [6.45, 7) is 3.73. The molecule has 0 fully saturated rings. The van der Waals surface area contributed by atoms with Crippen molar-refractivity contribution in [3.63, 3.8) is 0 Å². The fourth-order valence-electron chi connectivity index (χ4n) is 2.29. The Labute approximate surface area is 121 Å². The number of aromatic nitrogens is 2. The largest absolute Gasteiger partial charge is 0.283 e. The van der Waals surface area contributed by atoms with Gasteiger partial charge in [-0.2, -0.15) is 15.2 Å². The highest BCUT2D eigenvalue weighted by molar-refractivity contribution is 6.31. The van der Waals surface area contributed by atoms with Gasteiger partial charge in [-0.25, -0.2) is 0 Å². The van der Waals surface area contributed by atoms with Crippen molar-refractivity contribution in [2.75, 3.05) is 5.01 Å². The van der Waals surface area contributed by atoms with Gasteiger partial charge in [0.05, 0.1) is 17.1 Å². The molecule has 1 aliphatic rings. The van der Waals surface area contributed by atoms with Crippen molar-refractivity contribution in [2.45, 2.75) is 19.8 Å². The summed E-state index contributed by atoms with van der Waals surface area (Å²) in [6.07, 6.45) is 0. The van der Waals surface area contributed by atoms with Crippen LogP contribution >= 0.6 is 11.6 Å². The highest BCUT2D eigenvalue weighted by Gasteiger charge is 2.37. The molecule has 1 N–H and O–H groups in total. The summed E-state index contributed by atoms with van der Waals surface area (Å²) in [6, 6.07) is 8.94. The SMILES string of the molecule is CC1=NN(c2cccc(Cl)c2)C(=O)C1c1cc(C)[nH]n1. The van der Waals surface area contributed by atoms with E-state index in [1.54, 1.807) is 24.3 Å². The molecule has 1 atom stereocenters. The first-order chi connectivity index (χ1) is 9.56. The Morgan fingerprint density at radius 2 is 2.10 bits per heavy atom. The van der Waals surface area contributed by atoms with Crippen LogP contribution < -0.4 is 5.01 Å². The minimum absolute atomic E-state index is 0.115. The van der Waals surface area contributed by atoms with Gasteiger partial charge in [0.15, 0.2) is 0 Å². The van der Waals surface area contributed by atoms with E-state index in [2.05, 4.69) is 15.3 Å². The minimum Gasteiger partial charge on any atom is -0.283 e. The zero-order valence-electron chi connectivity index (χ0n) is 11.1. The van der Waals surface area contributed by atoms with Crippen LogP contribution in [0, 0.1) is 6.92 Å². The maximum atomic E-state index is 12.6. The molecule has 1 aliphatic heterocycles. The van der Waals surface area contributed by atoms with E-state index in [-0.39, 0.29) is 5.91 Å². The lowest BCUT2D eigenvalue weighted by Gasteiger charge is -2.13. The number of H-pyrrole nitrogens is 1. The van der Waals surface area contributed by atoms with Crippen LogP contribution in [0.4, 0.5) is 5.69 Å². The summed E-state index contributed by atoms with van der Waals surface area (Å²) in [5, 5.41) is 13.3. The molecule has 20 heavy (non-hydrogen) atoms. The third-order valence-electron chi connectivity index (χ3n) is 3.21. The van der Waals surface area contributed by atoms with E-state index in [4.69, 9.17) is 11.6 Å². The average Bonchev–Trinajstić information content (AvgIpc) is 2.93. The zero-order valence-corrected chi connectivity index (χ0v) is 11.8. The van der Waals surface area contributed by atoms with Crippen LogP contribution in [0.25, 0.3) is 0 Å². The van der Waals surface area contributed by atoms with E-state index in [9.17, 15) is 4.79 Å². The van der Waals surface area contributed by atoms with E-state index in [0.717, 1.165) is 11.4 Å². The van der Waals surface area contributed by atoms with Crippen LogP contribution in [0.1, 0.15) is 24.2 Å². The van der Waals surface area contributed by atoms with E-state index in [1.165, 1.54) is 5.01 Å². The number of carbonyl (C=O) groups is 1. The van der Waals surface area contributed by atoms with Crippen LogP contribution in [0.15, 0.2) is 35.4 Å². The number of halogens is 1. The fourth-order valence-corrected chi connectivity index (χ4v) is 2.47. The predicted octanol–water partition coefficient (Wildman–Crippen LogP) is 2.88. The van der Waals surface area contributed by atoms with Crippen LogP contribution in [0.5, 0.6) is 0 Å². The molecule has 0 radical (unpaired) electrons. The average molecular weight is 289 g/mol. The number of amides is 1. The Bertz CT molecular complexity index is 707. The molecule has 1 aromatic heterocycles. The number of nitrogens with one attached hydrogen (secondary N) is 1. The molecule has 2 heterocycles. The molecule has 3 rings (SSSR count). The topological polar surface area (TPSA) is 61.4 Å². The molecule has 0 aliphatic carbocycles. The van der Waals surface area contributed by atoms with Crippen molar-refractivity contribution >= 4 is 28.9 Å². The van der Waals surface area contributed by atoms with Crippen LogP contribution in [0.3, 0.4) is 0 Å². The minimum atomic E-state index is -0.432. The Morgan fingerprint density at radius 1 is 1.30 bits per heavy atom. The molecule has 6 heteroatoms. The van der Waals surface area contributed by atoms with Gasteiger partial charge in [0.2, 0.25) is 0 Å². The van der Waals surface area contributed by atoms with Crippen molar-refractivity contribution in [3.05, 3.63) is 46.7 Å². The Kier molecular flexibility index (Phi) is 3.06. The molecule has 2 aromatic rings. The fraction of sp³-hybridized carbons (Fsp3) is 0.214. The molecule has 102 valence electrons. The number of nitrogens with zero attached hydrogens (tertiary/aromatic N) is 3. The highest BCUT2D eigenvalue weighted by Crippen LogP contribution is 2.30. The Morgan fingerprint density at radius 3 is 2.75 bits per heavy atom. The number of hydrogen-bond donors (Lipinski definition) is 1. The van der Waals surface area contributed by atoms with Gasteiger partial charge in [-0.3, -0.25) is 9.89 Å². The number of benzene rings is 1. The second-order valence-corrected chi connectivity index (χ2v) is 5.22. The molecule has 1 aromatic carbocycles. The van der Waals surface area contributed by atoms with Crippen molar-refractivity contribution in [2.24, 2.45) is 5.10 Å². The Balaban J connectivity index is 1.96. The maximum Gasteiger partial charge on any atom is 0.262 e. The van der Waals surface area contributed by atoms with Gasteiger partial charge < -0.3 is 0 Å². The zero-order chi connectivity index (χ0) is 14.3. The summed E-state index contributed by atoms with van der Waals surface area (Å²) < 4.78 is 0. The third kappa shape index (κ3) is 2.10. The highest BCUT2D eigenvalue weighted by atomic mass is 35.5. The standard InChI is InChI=1S/C14H13ClN4O/c1-8-6-12(17-16-8)13-9(2)18-19(14(13)20)11-5-3-4-10(15)7-11/h3-7,13H,1-2H3,(H,16,17). The van der Waals surface area contributed by atoms with Gasteiger partial charge in [0.1, 0.15) is 5.92 Å². The summed E-state index contributed by atoms with van der Waals surface area (Å²) in [5.41, 5.74) is 3.00. The van der Waals surface area contributed by atoms with Crippen LogP contribution in [-0.4, -0.2) is 21.8 Å². The van der Waals surface area contributed by atoms with Crippen LogP contribution in [-0.2, 0) is 4.79 Å². The van der Waals surface area contributed by atoms with Crippen LogP contribution in [0.2, 0.25) is 5.02 Å². The number of hydrogen-bond acceptors (Lipinski definition) is 3. The maximum absolute atomic E-state index is 12.6. The van der Waals surface area contributed by atoms with Gasteiger partial charge in [-0.1, -0.05) is 17.7 Å². The molecule has 1 amide bonds. The first kappa shape index (κ1) is 12.9. The first-order valence-corrected chi connectivity index (χ1v) is 6.60. The predicted molar refractivity (Wildman–Crippen MR) is 78.1 cm³/mol. The molecule has 0 bridgehead atoms. The molecule has 0 saturated heterocycles. The van der Waals surface area contributed by atoms with E-state index in [0.29, 0.717) is 16.4 Å². The molecule has 1 unspecified atom stereocenters. The Hall–Kier alpha value is -2.14. The van der Waals surface area contributed by atoms with Crippen molar-refractivity contribution in [1.29, 1.82) is 0 Å². The van der Waals surface area contributed by atoms with Gasteiger partial charge in [-0.15, -0.1) is 0 Å². The summed E-state index contributed by atoms with van der Waals surface area (Å²) in [5.74, 6) is -0.546. The number of carbonyl (C=O) groups excluding carboxylic acids is 1.